The second-order valence-electron chi connectivity index (χ2n) is 9.57. The van der Waals surface area contributed by atoms with Gasteiger partial charge in [0.05, 0.1) is 33.2 Å². The molecule has 0 N–H and O–H groups in total. The van der Waals surface area contributed by atoms with E-state index in [0.29, 0.717) is 67.8 Å². The van der Waals surface area contributed by atoms with Gasteiger partial charge in [-0.25, -0.2) is 19.6 Å². The molecule has 0 fully saturated rings. The Kier molecular flexibility index (Phi) is 23.6. The molecule has 0 saturated carbocycles. The molecule has 0 unspecified atom stereocenters. The first-order chi connectivity index (χ1) is 22.0. The fraction of sp³-hybridized carbons (Fsp3) is 0.333. The molecule has 10 nitrogen and oxygen atoms in total. The van der Waals surface area contributed by atoms with Gasteiger partial charge in [0.2, 0.25) is 0 Å². The summed E-state index contributed by atoms with van der Waals surface area (Å²) in [5.74, 6) is 0.730. The van der Waals surface area contributed by atoms with Crippen molar-refractivity contribution >= 4 is 81.7 Å². The third kappa shape index (κ3) is 14.8. The Hall–Kier alpha value is -1.76. The van der Waals surface area contributed by atoms with Crippen LogP contribution in [0.4, 0.5) is 9.59 Å². The van der Waals surface area contributed by atoms with Crippen molar-refractivity contribution in [2.45, 2.75) is 26.7 Å². The smallest absolute Gasteiger partial charge is 1.00 e. The van der Waals surface area contributed by atoms with E-state index in [-0.39, 0.29) is 67.2 Å². The van der Waals surface area contributed by atoms with E-state index in [0.717, 1.165) is 12.8 Å². The van der Waals surface area contributed by atoms with Crippen LogP contribution in [-0.4, -0.2) is 80.4 Å². The number of carbonyl (C=O) groups excluding carboxylic acids is 2. The van der Waals surface area contributed by atoms with E-state index in [2.05, 4.69) is 9.97 Å². The first-order valence-corrected chi connectivity index (χ1v) is 16.4. The van der Waals surface area contributed by atoms with Crippen LogP contribution in [0.15, 0.2) is 61.7 Å². The van der Waals surface area contributed by atoms with E-state index < -0.39 is 0 Å². The standard InChI is InChI=1S/2C15H16Cl3N3O2.2ClH.Cu/c2*1-2-4-20(15(22)21-5-3-19-10-21)6-7-23-14-12(17)8-11(16)9-13(14)18;;;/h2*3,5,8-10H,2,4,6-7H2,1H3;2*1H;/q;;;;+2/p-2. The Morgan fingerprint density at radius 2 is 0.959 bits per heavy atom. The maximum Gasteiger partial charge on any atom is 2.00 e. The second kappa shape index (κ2) is 24.4. The summed E-state index contributed by atoms with van der Waals surface area (Å²) >= 11 is 36.0. The van der Waals surface area contributed by atoms with Crippen LogP contribution in [0.3, 0.4) is 0 Å². The van der Waals surface area contributed by atoms with Crippen molar-refractivity contribution in [2.24, 2.45) is 0 Å². The second-order valence-corrected chi connectivity index (χ2v) is 12.1. The van der Waals surface area contributed by atoms with Crippen molar-refractivity contribution in [2.75, 3.05) is 39.4 Å². The number of aromatic nitrogens is 4. The van der Waals surface area contributed by atoms with Gasteiger partial charge in [0.15, 0.2) is 11.5 Å². The van der Waals surface area contributed by atoms with E-state index in [9.17, 15) is 9.59 Å². The zero-order chi connectivity index (χ0) is 33.6. The number of nitrogens with zero attached hydrogens (tertiary/aromatic N) is 6. The average Bonchev–Trinajstić information content (AvgIpc) is 3.74. The van der Waals surface area contributed by atoms with Crippen molar-refractivity contribution in [3.05, 3.63) is 91.8 Å². The monoisotopic (exact) mass is 883 g/mol. The van der Waals surface area contributed by atoms with Crippen molar-refractivity contribution in [3.63, 3.8) is 0 Å². The third-order valence-electron chi connectivity index (χ3n) is 6.12. The van der Waals surface area contributed by atoms with Gasteiger partial charge >= 0.3 is 29.1 Å². The van der Waals surface area contributed by atoms with Gasteiger partial charge in [-0.3, -0.25) is 9.13 Å². The molecule has 0 spiro atoms. The summed E-state index contributed by atoms with van der Waals surface area (Å²) in [6.07, 6.45) is 11.0. The summed E-state index contributed by atoms with van der Waals surface area (Å²) < 4.78 is 14.1. The maximum absolute atomic E-state index is 12.3. The molecule has 4 rings (SSSR count). The minimum absolute atomic E-state index is 0. The first kappa shape index (κ1) is 47.2. The molecule has 4 aromatic rings. The predicted molar refractivity (Wildman–Crippen MR) is 184 cm³/mol. The molecular weight excluding hydrogens is 856 g/mol. The van der Waals surface area contributed by atoms with Crippen LogP contribution in [0.5, 0.6) is 11.5 Å². The van der Waals surface area contributed by atoms with Gasteiger partial charge in [-0.1, -0.05) is 83.5 Å². The molecule has 49 heavy (non-hydrogen) atoms. The number of benzene rings is 2. The Bertz CT molecular complexity index is 1410. The van der Waals surface area contributed by atoms with Crippen LogP contribution in [0.1, 0.15) is 26.7 Å². The number of hydrogen-bond donors (Lipinski definition) is 0. The van der Waals surface area contributed by atoms with Gasteiger partial charge in [0, 0.05) is 47.9 Å². The van der Waals surface area contributed by atoms with Gasteiger partial charge in [0.1, 0.15) is 25.9 Å². The van der Waals surface area contributed by atoms with Crippen LogP contribution in [0, 0.1) is 0 Å². The van der Waals surface area contributed by atoms with E-state index in [1.54, 1.807) is 58.9 Å². The van der Waals surface area contributed by atoms with Crippen LogP contribution >= 0.6 is 69.6 Å². The maximum atomic E-state index is 12.3. The normalized spacial score (nSPS) is 9.96. The number of amides is 2. The van der Waals surface area contributed by atoms with E-state index >= 15 is 0 Å². The van der Waals surface area contributed by atoms with E-state index in [4.69, 9.17) is 79.1 Å². The quantitative estimate of drug-likeness (QED) is 0.203. The van der Waals surface area contributed by atoms with Gasteiger partial charge in [-0.15, -0.1) is 0 Å². The zero-order valence-electron chi connectivity index (χ0n) is 26.1. The number of carbonyl (C=O) groups is 2. The molecule has 1 radical (unpaired) electrons. The number of hydrogen-bond acceptors (Lipinski definition) is 6. The number of rotatable bonds is 12. The fourth-order valence-corrected chi connectivity index (χ4v) is 5.92. The molecule has 0 bridgehead atoms. The molecule has 0 saturated heterocycles. The van der Waals surface area contributed by atoms with Gasteiger partial charge in [0.25, 0.3) is 0 Å². The van der Waals surface area contributed by atoms with E-state index in [1.165, 1.54) is 21.8 Å². The molecule has 0 aliphatic heterocycles. The fourth-order valence-electron chi connectivity index (χ4n) is 4.07. The Morgan fingerprint density at radius 3 is 1.22 bits per heavy atom. The molecule has 0 aliphatic rings. The molecule has 0 atom stereocenters. The first-order valence-electron chi connectivity index (χ1n) is 14.1. The molecule has 273 valence electrons. The summed E-state index contributed by atoms with van der Waals surface area (Å²) in [6.45, 7) is 6.57. The van der Waals surface area contributed by atoms with Crippen molar-refractivity contribution in [3.8, 4) is 11.5 Å². The molecule has 2 heterocycles. The van der Waals surface area contributed by atoms with Crippen molar-refractivity contribution < 1.29 is 60.9 Å². The molecule has 2 aromatic carbocycles. The van der Waals surface area contributed by atoms with Crippen LogP contribution in [0.25, 0.3) is 0 Å². The minimum Gasteiger partial charge on any atom is -1.00 e. The molecule has 19 heteroatoms. The average molecular weight is 888 g/mol. The number of ether oxygens (including phenoxy) is 2. The number of halogens is 8. The summed E-state index contributed by atoms with van der Waals surface area (Å²) in [6, 6.07) is 5.94. The Labute approximate surface area is 338 Å². The predicted octanol–water partition coefficient (Wildman–Crippen LogP) is 3.21. The topological polar surface area (TPSA) is 94.7 Å². The van der Waals surface area contributed by atoms with Crippen molar-refractivity contribution in [1.29, 1.82) is 0 Å². The Morgan fingerprint density at radius 1 is 0.633 bits per heavy atom. The summed E-state index contributed by atoms with van der Waals surface area (Å²) in [4.78, 5) is 35.8. The molecular formula is C30H32Cl8CuN6O4. The van der Waals surface area contributed by atoms with Crippen LogP contribution in [0.2, 0.25) is 30.1 Å². The van der Waals surface area contributed by atoms with Gasteiger partial charge in [-0.05, 0) is 37.1 Å². The Balaban J connectivity index is 0.000000886. The van der Waals surface area contributed by atoms with Crippen LogP contribution in [-0.2, 0) is 17.1 Å². The third-order valence-corrected chi connectivity index (χ3v) is 7.68. The minimum atomic E-state index is -0.152. The summed E-state index contributed by atoms with van der Waals surface area (Å²) in [5.41, 5.74) is 0. The molecule has 0 aliphatic carbocycles. The molecule has 2 aromatic heterocycles. The van der Waals surface area contributed by atoms with Crippen molar-refractivity contribution in [1.82, 2.24) is 28.9 Å². The zero-order valence-corrected chi connectivity index (χ0v) is 33.1. The van der Waals surface area contributed by atoms with Crippen LogP contribution < -0.4 is 34.3 Å². The van der Waals surface area contributed by atoms with Gasteiger partial charge in [-0.2, -0.15) is 0 Å². The van der Waals surface area contributed by atoms with E-state index in [1.807, 2.05) is 13.8 Å². The van der Waals surface area contributed by atoms with Gasteiger partial charge < -0.3 is 44.1 Å². The SMILES string of the molecule is CCCN(CCOc1c(Cl)cc(Cl)cc1Cl)C(=O)n1ccnc1.CCCN(CCOc1c(Cl)cc(Cl)cc1Cl)C(=O)n1ccnc1.[Cl-].[Cl-].[Cu+2]. The molecule has 2 amide bonds. The summed E-state index contributed by atoms with van der Waals surface area (Å²) in [5, 5.41) is 2.23. The largest absolute Gasteiger partial charge is 2.00 e. The number of imidazole rings is 2. The summed E-state index contributed by atoms with van der Waals surface area (Å²) in [7, 11) is 0.